The Morgan fingerprint density at radius 3 is 2.72 bits per heavy atom. The van der Waals surface area contributed by atoms with Crippen LogP contribution in [0.15, 0.2) is 30.3 Å². The van der Waals surface area contributed by atoms with Crippen molar-refractivity contribution in [2.75, 3.05) is 18.0 Å². The number of aromatic nitrogens is 1. The predicted molar refractivity (Wildman–Crippen MR) is 75.9 cm³/mol. The summed E-state index contributed by atoms with van der Waals surface area (Å²) in [7, 11) is 0. The van der Waals surface area contributed by atoms with Crippen LogP contribution in [0.5, 0.6) is 0 Å². The van der Waals surface area contributed by atoms with Crippen LogP contribution in [-0.2, 0) is 0 Å². The van der Waals surface area contributed by atoms with Crippen molar-refractivity contribution in [3.8, 4) is 0 Å². The maximum atomic E-state index is 5.96. The molecule has 2 N–H and O–H groups in total. The second kappa shape index (κ2) is 4.58. The molecule has 1 aliphatic heterocycles. The molecule has 3 nitrogen and oxygen atoms in total. The fraction of sp³-hybridized carbons (Fsp3) is 0.400. The molecule has 1 fully saturated rings. The number of rotatable bonds is 1. The Morgan fingerprint density at radius 2 is 1.94 bits per heavy atom. The summed E-state index contributed by atoms with van der Waals surface area (Å²) in [4.78, 5) is 7.17. The number of anilines is 1. The van der Waals surface area contributed by atoms with Crippen molar-refractivity contribution in [1.82, 2.24) is 4.98 Å². The number of benzene rings is 1. The van der Waals surface area contributed by atoms with E-state index in [4.69, 9.17) is 10.7 Å². The molecule has 0 spiro atoms. The number of pyridine rings is 1. The Kier molecular flexibility index (Phi) is 2.92. The van der Waals surface area contributed by atoms with Crippen LogP contribution < -0.4 is 10.6 Å². The van der Waals surface area contributed by atoms with Crippen LogP contribution in [0, 0.1) is 6.92 Å². The number of fused-ring (bicyclic) bond motifs is 1. The summed E-state index contributed by atoms with van der Waals surface area (Å²) < 4.78 is 0. The van der Waals surface area contributed by atoms with Gasteiger partial charge in [0.25, 0.3) is 0 Å². The third-order valence-electron chi connectivity index (χ3n) is 3.73. The summed E-state index contributed by atoms with van der Waals surface area (Å²) >= 11 is 0. The Bertz CT molecular complexity index is 557. The fourth-order valence-electron chi connectivity index (χ4n) is 2.64. The van der Waals surface area contributed by atoms with E-state index in [-0.39, 0.29) is 0 Å². The van der Waals surface area contributed by atoms with E-state index in [2.05, 4.69) is 36.1 Å². The molecule has 0 saturated carbocycles. The van der Waals surface area contributed by atoms with Gasteiger partial charge in [0.2, 0.25) is 0 Å². The van der Waals surface area contributed by atoms with E-state index in [0.29, 0.717) is 6.04 Å². The summed E-state index contributed by atoms with van der Waals surface area (Å²) in [6.45, 7) is 4.18. The van der Waals surface area contributed by atoms with Gasteiger partial charge in [-0.1, -0.05) is 18.2 Å². The Labute approximate surface area is 108 Å². The van der Waals surface area contributed by atoms with Crippen LogP contribution in [0.4, 0.5) is 5.82 Å². The highest BCUT2D eigenvalue weighted by Gasteiger charge is 2.18. The molecule has 0 radical (unpaired) electrons. The number of hydrogen-bond acceptors (Lipinski definition) is 3. The van der Waals surface area contributed by atoms with Gasteiger partial charge in [-0.05, 0) is 37.5 Å². The summed E-state index contributed by atoms with van der Waals surface area (Å²) in [5, 5.41) is 1.22. The molecule has 3 rings (SSSR count). The molecule has 0 atom stereocenters. The first-order valence-corrected chi connectivity index (χ1v) is 6.61. The Hall–Kier alpha value is -1.61. The average molecular weight is 241 g/mol. The van der Waals surface area contributed by atoms with E-state index in [1.165, 1.54) is 10.9 Å². The number of para-hydroxylation sites is 1. The maximum Gasteiger partial charge on any atom is 0.132 e. The van der Waals surface area contributed by atoms with Gasteiger partial charge in [-0.25, -0.2) is 4.98 Å². The summed E-state index contributed by atoms with van der Waals surface area (Å²) in [5.41, 5.74) is 8.29. The summed E-state index contributed by atoms with van der Waals surface area (Å²) in [6, 6.07) is 10.9. The van der Waals surface area contributed by atoms with Crippen molar-refractivity contribution in [3.05, 3.63) is 35.9 Å². The molecule has 1 aromatic heterocycles. The quantitative estimate of drug-likeness (QED) is 0.834. The normalized spacial score (nSPS) is 17.3. The minimum Gasteiger partial charge on any atom is -0.356 e. The first-order valence-electron chi connectivity index (χ1n) is 6.61. The molecule has 0 bridgehead atoms. The largest absolute Gasteiger partial charge is 0.356 e. The molecule has 2 aromatic rings. The van der Waals surface area contributed by atoms with Crippen molar-refractivity contribution in [2.45, 2.75) is 25.8 Å². The van der Waals surface area contributed by atoms with E-state index in [1.54, 1.807) is 0 Å². The highest BCUT2D eigenvalue weighted by molar-refractivity contribution is 5.81. The number of hydrogen-bond donors (Lipinski definition) is 1. The number of nitrogens with two attached hydrogens (primary N) is 1. The van der Waals surface area contributed by atoms with Crippen LogP contribution >= 0.6 is 0 Å². The van der Waals surface area contributed by atoms with Crippen molar-refractivity contribution < 1.29 is 0 Å². The minimum absolute atomic E-state index is 0.363. The minimum atomic E-state index is 0.363. The van der Waals surface area contributed by atoms with Crippen LogP contribution in [-0.4, -0.2) is 24.1 Å². The van der Waals surface area contributed by atoms with Gasteiger partial charge in [0.15, 0.2) is 0 Å². The Morgan fingerprint density at radius 1 is 1.22 bits per heavy atom. The smallest absolute Gasteiger partial charge is 0.132 e. The second-order valence-corrected chi connectivity index (χ2v) is 5.15. The van der Waals surface area contributed by atoms with E-state index in [9.17, 15) is 0 Å². The molecule has 94 valence electrons. The molecule has 18 heavy (non-hydrogen) atoms. The molecule has 1 aromatic carbocycles. The monoisotopic (exact) mass is 241 g/mol. The fourth-order valence-corrected chi connectivity index (χ4v) is 2.64. The van der Waals surface area contributed by atoms with Crippen molar-refractivity contribution >= 4 is 16.7 Å². The van der Waals surface area contributed by atoms with Gasteiger partial charge < -0.3 is 10.6 Å². The van der Waals surface area contributed by atoms with Gasteiger partial charge in [-0.3, -0.25) is 0 Å². The van der Waals surface area contributed by atoms with Gasteiger partial charge in [0.1, 0.15) is 5.82 Å². The van der Waals surface area contributed by atoms with Crippen LogP contribution in [0.3, 0.4) is 0 Å². The zero-order chi connectivity index (χ0) is 12.5. The summed E-state index contributed by atoms with van der Waals surface area (Å²) in [6.07, 6.45) is 2.13. The lowest BCUT2D eigenvalue weighted by Crippen LogP contribution is -2.40. The van der Waals surface area contributed by atoms with Gasteiger partial charge in [0.05, 0.1) is 5.52 Å². The molecular formula is C15H19N3. The molecule has 0 aliphatic carbocycles. The Balaban J connectivity index is 1.98. The average Bonchev–Trinajstić information content (AvgIpc) is 2.39. The molecule has 1 aliphatic rings. The topological polar surface area (TPSA) is 42.2 Å². The second-order valence-electron chi connectivity index (χ2n) is 5.15. The van der Waals surface area contributed by atoms with Crippen LogP contribution in [0.2, 0.25) is 0 Å². The number of aryl methyl sites for hydroxylation is 1. The van der Waals surface area contributed by atoms with Gasteiger partial charge in [-0.2, -0.15) is 0 Å². The van der Waals surface area contributed by atoms with Crippen LogP contribution in [0.25, 0.3) is 10.9 Å². The highest BCUT2D eigenvalue weighted by Crippen LogP contribution is 2.25. The first-order chi connectivity index (χ1) is 8.74. The van der Waals surface area contributed by atoms with E-state index in [1.807, 2.05) is 6.07 Å². The molecule has 1 saturated heterocycles. The SMILES string of the molecule is Cc1cc2ccccc2nc1N1CCC(N)CC1. The molecule has 0 unspecified atom stereocenters. The van der Waals surface area contributed by atoms with E-state index in [0.717, 1.165) is 37.3 Å². The lowest BCUT2D eigenvalue weighted by Gasteiger charge is -2.32. The standard InChI is InChI=1S/C15H19N3/c1-11-10-12-4-2-3-5-14(12)17-15(11)18-8-6-13(16)7-9-18/h2-5,10,13H,6-9,16H2,1H3. The third kappa shape index (κ3) is 2.06. The molecular weight excluding hydrogens is 222 g/mol. The van der Waals surface area contributed by atoms with Gasteiger partial charge in [0, 0.05) is 24.5 Å². The number of nitrogens with zero attached hydrogens (tertiary/aromatic N) is 2. The van der Waals surface area contributed by atoms with Crippen LogP contribution in [0.1, 0.15) is 18.4 Å². The zero-order valence-corrected chi connectivity index (χ0v) is 10.8. The van der Waals surface area contributed by atoms with Crippen molar-refractivity contribution in [1.29, 1.82) is 0 Å². The van der Waals surface area contributed by atoms with Crippen molar-refractivity contribution in [2.24, 2.45) is 5.73 Å². The van der Waals surface area contributed by atoms with E-state index >= 15 is 0 Å². The zero-order valence-electron chi connectivity index (χ0n) is 10.8. The third-order valence-corrected chi connectivity index (χ3v) is 3.73. The predicted octanol–water partition coefficient (Wildman–Crippen LogP) is 2.47. The number of piperidine rings is 1. The van der Waals surface area contributed by atoms with Gasteiger partial charge in [-0.15, -0.1) is 0 Å². The lowest BCUT2D eigenvalue weighted by molar-refractivity contribution is 0.498. The van der Waals surface area contributed by atoms with Crippen molar-refractivity contribution in [3.63, 3.8) is 0 Å². The molecule has 0 amide bonds. The lowest BCUT2D eigenvalue weighted by atomic mass is 10.1. The molecule has 2 heterocycles. The maximum absolute atomic E-state index is 5.96. The molecule has 3 heteroatoms. The van der Waals surface area contributed by atoms with E-state index < -0.39 is 0 Å². The summed E-state index contributed by atoms with van der Waals surface area (Å²) in [5.74, 6) is 1.13. The first kappa shape index (κ1) is 11.5. The van der Waals surface area contributed by atoms with Gasteiger partial charge >= 0.3 is 0 Å². The highest BCUT2D eigenvalue weighted by atomic mass is 15.2.